The number of amides is 4. The minimum atomic E-state index is -1.09. The molecule has 0 aliphatic heterocycles. The molecule has 0 fully saturated rings. The van der Waals surface area contributed by atoms with Crippen molar-refractivity contribution in [2.75, 3.05) is 6.54 Å². The number of rotatable bonds is 15. The average molecular weight is 547 g/mol. The van der Waals surface area contributed by atoms with Crippen LogP contribution in [0.25, 0.3) is 0 Å². The molecular formula is C30H50N4O5. The van der Waals surface area contributed by atoms with Crippen molar-refractivity contribution in [3.8, 4) is 0 Å². The van der Waals surface area contributed by atoms with Gasteiger partial charge in [-0.15, -0.1) is 0 Å². The number of ether oxygens (including phenoxy) is 1. The molecule has 0 saturated heterocycles. The highest BCUT2D eigenvalue weighted by atomic mass is 16.6. The van der Waals surface area contributed by atoms with Crippen molar-refractivity contribution in [2.24, 2.45) is 5.73 Å². The first-order valence-electron chi connectivity index (χ1n) is 14.2. The van der Waals surface area contributed by atoms with Gasteiger partial charge in [-0.2, -0.15) is 0 Å². The Morgan fingerprint density at radius 2 is 1.64 bits per heavy atom. The fourth-order valence-corrected chi connectivity index (χ4v) is 4.33. The molecule has 220 valence electrons. The van der Waals surface area contributed by atoms with Gasteiger partial charge in [0.05, 0.1) is 0 Å². The molecule has 9 nitrogen and oxygen atoms in total. The molecule has 1 aromatic rings. The Morgan fingerprint density at radius 3 is 2.18 bits per heavy atom. The number of carbonyl (C=O) groups excluding carboxylic acids is 4. The topological polar surface area (TPSA) is 131 Å². The summed E-state index contributed by atoms with van der Waals surface area (Å²) in [6, 6.07) is 3.67. The maximum Gasteiger partial charge on any atom is 0.408 e. The van der Waals surface area contributed by atoms with Crippen molar-refractivity contribution in [1.82, 2.24) is 15.5 Å². The molecule has 0 heterocycles. The highest BCUT2D eigenvalue weighted by Crippen LogP contribution is 2.26. The van der Waals surface area contributed by atoms with E-state index in [1.54, 1.807) is 20.8 Å². The monoisotopic (exact) mass is 546 g/mol. The molecule has 3 unspecified atom stereocenters. The first kappa shape index (κ1) is 33.9. The molecular weight excluding hydrogens is 496 g/mol. The van der Waals surface area contributed by atoms with Crippen molar-refractivity contribution in [2.45, 2.75) is 124 Å². The van der Waals surface area contributed by atoms with Gasteiger partial charge in [-0.1, -0.05) is 51.3 Å². The predicted molar refractivity (Wildman–Crippen MR) is 154 cm³/mol. The number of nitrogens with zero attached hydrogens (tertiary/aromatic N) is 1. The van der Waals surface area contributed by atoms with Crippen LogP contribution in [0.4, 0.5) is 4.79 Å². The number of alkyl carbamates (subject to hydrolysis) is 1. The van der Waals surface area contributed by atoms with Crippen molar-refractivity contribution in [1.29, 1.82) is 0 Å². The SMILES string of the molecule is CCCCCN(C(=O)C(CCC(N)=O)NC(=O)OC(C)(C)C)C(C(=O)NC(C)CCC)c1ccc(C)c(C)c1. The molecule has 39 heavy (non-hydrogen) atoms. The number of hydrogen-bond acceptors (Lipinski definition) is 5. The zero-order chi connectivity index (χ0) is 29.8. The Morgan fingerprint density at radius 1 is 0.974 bits per heavy atom. The lowest BCUT2D eigenvalue weighted by Gasteiger charge is -2.35. The maximum absolute atomic E-state index is 14.2. The Kier molecular flexibility index (Phi) is 14.0. The third-order valence-corrected chi connectivity index (χ3v) is 6.47. The molecule has 0 aliphatic carbocycles. The first-order valence-corrected chi connectivity index (χ1v) is 14.2. The molecule has 0 spiro atoms. The van der Waals surface area contributed by atoms with E-state index in [1.807, 2.05) is 39.0 Å². The van der Waals surface area contributed by atoms with Crippen LogP contribution in [0.3, 0.4) is 0 Å². The van der Waals surface area contributed by atoms with Crippen LogP contribution in [0.2, 0.25) is 0 Å². The predicted octanol–water partition coefficient (Wildman–Crippen LogP) is 4.83. The van der Waals surface area contributed by atoms with Gasteiger partial charge >= 0.3 is 6.09 Å². The highest BCUT2D eigenvalue weighted by Gasteiger charge is 2.36. The molecule has 3 atom stereocenters. The molecule has 4 amide bonds. The number of primary amides is 1. The van der Waals surface area contributed by atoms with Crippen molar-refractivity contribution in [3.05, 3.63) is 34.9 Å². The summed E-state index contributed by atoms with van der Waals surface area (Å²) in [6.45, 7) is 15.5. The van der Waals surface area contributed by atoms with Gasteiger partial charge in [0.1, 0.15) is 17.7 Å². The van der Waals surface area contributed by atoms with E-state index in [2.05, 4.69) is 24.5 Å². The second-order valence-corrected chi connectivity index (χ2v) is 11.4. The average Bonchev–Trinajstić information content (AvgIpc) is 2.81. The molecule has 9 heteroatoms. The number of nitrogens with one attached hydrogen (secondary N) is 2. The summed E-state index contributed by atoms with van der Waals surface area (Å²) >= 11 is 0. The number of carbonyl (C=O) groups is 4. The van der Waals surface area contributed by atoms with Gasteiger partial charge in [-0.05, 0) is 77.5 Å². The van der Waals surface area contributed by atoms with Crippen molar-refractivity contribution >= 4 is 23.8 Å². The molecule has 0 radical (unpaired) electrons. The van der Waals surface area contributed by atoms with Crippen molar-refractivity contribution in [3.63, 3.8) is 0 Å². The molecule has 0 bridgehead atoms. The number of aryl methyl sites for hydroxylation is 2. The van der Waals surface area contributed by atoms with E-state index in [9.17, 15) is 19.2 Å². The Balaban J connectivity index is 3.56. The van der Waals surface area contributed by atoms with Crippen LogP contribution < -0.4 is 16.4 Å². The fourth-order valence-electron chi connectivity index (χ4n) is 4.33. The Bertz CT molecular complexity index is 973. The third kappa shape index (κ3) is 12.1. The van der Waals surface area contributed by atoms with Gasteiger partial charge in [-0.3, -0.25) is 14.4 Å². The van der Waals surface area contributed by atoms with Gasteiger partial charge in [-0.25, -0.2) is 4.79 Å². The van der Waals surface area contributed by atoms with Gasteiger partial charge in [0.2, 0.25) is 17.7 Å². The van der Waals surface area contributed by atoms with E-state index in [0.29, 0.717) is 18.5 Å². The summed E-state index contributed by atoms with van der Waals surface area (Å²) in [5, 5.41) is 5.72. The number of hydrogen-bond donors (Lipinski definition) is 3. The van der Waals surface area contributed by atoms with E-state index in [-0.39, 0.29) is 24.8 Å². The third-order valence-electron chi connectivity index (χ3n) is 6.47. The van der Waals surface area contributed by atoms with Gasteiger partial charge < -0.3 is 26.0 Å². The lowest BCUT2D eigenvalue weighted by molar-refractivity contribution is -0.143. The second-order valence-electron chi connectivity index (χ2n) is 11.4. The lowest BCUT2D eigenvalue weighted by atomic mass is 9.97. The standard InChI is InChI=1S/C30H50N4O5/c1-9-11-12-18-34(28(37)24(16-17-25(31)35)33-29(38)39-30(6,7)8)26(27(36)32-22(5)13-10-2)23-15-14-20(3)21(4)19-23/h14-15,19,22,24,26H,9-13,16-18H2,1-8H3,(H2,31,35)(H,32,36)(H,33,38). The normalized spacial score (nSPS) is 13.6. The summed E-state index contributed by atoms with van der Waals surface area (Å²) in [4.78, 5) is 53.8. The van der Waals surface area contributed by atoms with Crippen LogP contribution in [-0.2, 0) is 19.1 Å². The smallest absolute Gasteiger partial charge is 0.408 e. The summed E-state index contributed by atoms with van der Waals surface area (Å²) in [5.74, 6) is -1.33. The van der Waals surface area contributed by atoms with E-state index < -0.39 is 35.6 Å². The van der Waals surface area contributed by atoms with E-state index in [4.69, 9.17) is 10.5 Å². The molecule has 1 aromatic carbocycles. The maximum atomic E-state index is 14.2. The summed E-state index contributed by atoms with van der Waals surface area (Å²) in [7, 11) is 0. The van der Waals surface area contributed by atoms with Crippen LogP contribution in [-0.4, -0.2) is 52.9 Å². The number of benzene rings is 1. The summed E-state index contributed by atoms with van der Waals surface area (Å²) in [6.07, 6.45) is 3.29. The largest absolute Gasteiger partial charge is 0.444 e. The van der Waals surface area contributed by atoms with E-state index >= 15 is 0 Å². The molecule has 0 saturated carbocycles. The van der Waals surface area contributed by atoms with Crippen LogP contribution in [0.5, 0.6) is 0 Å². The Hall–Kier alpha value is -3.10. The zero-order valence-electron chi connectivity index (χ0n) is 25.2. The summed E-state index contributed by atoms with van der Waals surface area (Å²) < 4.78 is 5.39. The molecule has 1 rings (SSSR count). The minimum Gasteiger partial charge on any atom is -0.444 e. The second kappa shape index (κ2) is 16.1. The van der Waals surface area contributed by atoms with E-state index in [0.717, 1.165) is 36.8 Å². The minimum absolute atomic E-state index is 0.00874. The first-order chi connectivity index (χ1) is 18.2. The zero-order valence-corrected chi connectivity index (χ0v) is 25.2. The van der Waals surface area contributed by atoms with Gasteiger partial charge in [0.15, 0.2) is 0 Å². The number of unbranched alkanes of at least 4 members (excludes halogenated alkanes) is 2. The van der Waals surface area contributed by atoms with Crippen molar-refractivity contribution < 1.29 is 23.9 Å². The summed E-state index contributed by atoms with van der Waals surface area (Å²) in [5.41, 5.74) is 7.38. The van der Waals surface area contributed by atoms with Crippen LogP contribution in [0, 0.1) is 13.8 Å². The lowest BCUT2D eigenvalue weighted by Crippen LogP contribution is -2.54. The van der Waals surface area contributed by atoms with Gasteiger partial charge in [0.25, 0.3) is 0 Å². The van der Waals surface area contributed by atoms with E-state index in [1.165, 1.54) is 4.90 Å². The number of nitrogens with two attached hydrogens (primary N) is 1. The van der Waals surface area contributed by atoms with Crippen LogP contribution in [0.1, 0.15) is 109 Å². The van der Waals surface area contributed by atoms with Crippen LogP contribution in [0.15, 0.2) is 18.2 Å². The quantitative estimate of drug-likeness (QED) is 0.271. The molecule has 0 aliphatic rings. The van der Waals surface area contributed by atoms with Gasteiger partial charge in [0, 0.05) is 19.0 Å². The Labute approximate surface area is 234 Å². The molecule has 0 aromatic heterocycles. The van der Waals surface area contributed by atoms with Crippen LogP contribution >= 0.6 is 0 Å². The fraction of sp³-hybridized carbons (Fsp3) is 0.667. The molecule has 4 N–H and O–H groups in total. The highest BCUT2D eigenvalue weighted by molar-refractivity contribution is 5.92.